The largest absolute Gasteiger partial charge is 0.481 e. The molecule has 6 nitrogen and oxygen atoms in total. The van der Waals surface area contributed by atoms with E-state index in [1.54, 1.807) is 43.3 Å². The zero-order valence-electron chi connectivity index (χ0n) is 12.4. The summed E-state index contributed by atoms with van der Waals surface area (Å²) in [7, 11) is 0. The minimum atomic E-state index is -0.723. The Morgan fingerprint density at radius 3 is 2.26 bits per heavy atom. The molecule has 2 aromatic carbocycles. The molecule has 6 heteroatoms. The Labute approximate surface area is 133 Å². The Morgan fingerprint density at radius 1 is 1.13 bits per heavy atom. The Kier molecular flexibility index (Phi) is 4.95. The summed E-state index contributed by atoms with van der Waals surface area (Å²) in [6.07, 6.45) is -0.723. The van der Waals surface area contributed by atoms with Gasteiger partial charge >= 0.3 is 0 Å². The number of nitriles is 1. The second-order valence-electron chi connectivity index (χ2n) is 4.83. The maximum absolute atomic E-state index is 12.1. The summed E-state index contributed by atoms with van der Waals surface area (Å²) in [6.45, 7) is 1.62. The SMILES string of the molecule is CC(Oc1ccc(C#N)cc1)C(=O)Nc1ccc(C(N)=O)cc1. The molecule has 3 N–H and O–H groups in total. The summed E-state index contributed by atoms with van der Waals surface area (Å²) in [5.74, 6) is -0.364. The fourth-order valence-electron chi connectivity index (χ4n) is 1.83. The molecular formula is C17H15N3O3. The van der Waals surface area contributed by atoms with E-state index in [-0.39, 0.29) is 5.91 Å². The molecule has 0 bridgehead atoms. The molecule has 0 aromatic heterocycles. The number of rotatable bonds is 5. The van der Waals surface area contributed by atoms with Gasteiger partial charge in [0.1, 0.15) is 5.75 Å². The van der Waals surface area contributed by atoms with E-state index < -0.39 is 12.0 Å². The van der Waals surface area contributed by atoms with Gasteiger partial charge in [-0.15, -0.1) is 0 Å². The molecule has 0 saturated carbocycles. The first-order valence-electron chi connectivity index (χ1n) is 6.87. The van der Waals surface area contributed by atoms with Crippen LogP contribution in [0, 0.1) is 11.3 Å². The van der Waals surface area contributed by atoms with E-state index in [0.29, 0.717) is 22.6 Å². The topological polar surface area (TPSA) is 105 Å². The van der Waals surface area contributed by atoms with Gasteiger partial charge in [-0.05, 0) is 55.5 Å². The molecule has 0 spiro atoms. The highest BCUT2D eigenvalue weighted by Crippen LogP contribution is 2.15. The number of amides is 2. The zero-order valence-corrected chi connectivity index (χ0v) is 12.4. The van der Waals surface area contributed by atoms with E-state index in [4.69, 9.17) is 15.7 Å². The van der Waals surface area contributed by atoms with Crippen LogP contribution in [-0.4, -0.2) is 17.9 Å². The summed E-state index contributed by atoms with van der Waals surface area (Å²) < 4.78 is 5.51. The lowest BCUT2D eigenvalue weighted by atomic mass is 10.2. The van der Waals surface area contributed by atoms with E-state index >= 15 is 0 Å². The van der Waals surface area contributed by atoms with Gasteiger partial charge in [0.2, 0.25) is 5.91 Å². The van der Waals surface area contributed by atoms with E-state index in [0.717, 1.165) is 0 Å². The second kappa shape index (κ2) is 7.09. The Morgan fingerprint density at radius 2 is 1.74 bits per heavy atom. The van der Waals surface area contributed by atoms with Crippen molar-refractivity contribution in [1.82, 2.24) is 0 Å². The van der Waals surface area contributed by atoms with E-state index in [2.05, 4.69) is 5.32 Å². The fraction of sp³-hybridized carbons (Fsp3) is 0.118. The quantitative estimate of drug-likeness (QED) is 0.881. The normalized spacial score (nSPS) is 11.1. The van der Waals surface area contributed by atoms with Gasteiger partial charge < -0.3 is 15.8 Å². The van der Waals surface area contributed by atoms with E-state index in [1.165, 1.54) is 12.1 Å². The van der Waals surface area contributed by atoms with Crippen molar-refractivity contribution in [1.29, 1.82) is 5.26 Å². The van der Waals surface area contributed by atoms with Crippen molar-refractivity contribution in [2.45, 2.75) is 13.0 Å². The Bertz CT molecular complexity index is 746. The standard InChI is InChI=1S/C17H15N3O3/c1-11(23-15-8-2-12(10-18)3-9-15)17(22)20-14-6-4-13(5-7-14)16(19)21/h2-9,11H,1H3,(H2,19,21)(H,20,22). The first-order chi connectivity index (χ1) is 11.0. The van der Waals surface area contributed by atoms with Gasteiger partial charge in [0.25, 0.3) is 5.91 Å². The van der Waals surface area contributed by atoms with Crippen molar-refractivity contribution >= 4 is 17.5 Å². The van der Waals surface area contributed by atoms with Crippen molar-refractivity contribution in [3.63, 3.8) is 0 Å². The van der Waals surface area contributed by atoms with Gasteiger partial charge in [0.05, 0.1) is 11.6 Å². The summed E-state index contributed by atoms with van der Waals surface area (Å²) in [4.78, 5) is 23.1. The number of carbonyl (C=O) groups excluding carboxylic acids is 2. The predicted molar refractivity (Wildman–Crippen MR) is 84.8 cm³/mol. The van der Waals surface area contributed by atoms with Crippen LogP contribution >= 0.6 is 0 Å². The lowest BCUT2D eigenvalue weighted by Gasteiger charge is -2.14. The number of anilines is 1. The molecule has 0 aliphatic heterocycles. The second-order valence-corrected chi connectivity index (χ2v) is 4.83. The molecule has 1 atom stereocenters. The molecule has 2 amide bonds. The van der Waals surface area contributed by atoms with Gasteiger partial charge in [0.15, 0.2) is 6.10 Å². The van der Waals surface area contributed by atoms with Crippen LogP contribution in [0.1, 0.15) is 22.8 Å². The first-order valence-corrected chi connectivity index (χ1v) is 6.87. The van der Waals surface area contributed by atoms with Crippen LogP contribution in [0.2, 0.25) is 0 Å². The number of nitrogens with two attached hydrogens (primary N) is 1. The predicted octanol–water partition coefficient (Wildman–Crippen LogP) is 2.06. The molecule has 0 saturated heterocycles. The number of benzene rings is 2. The average molecular weight is 309 g/mol. The van der Waals surface area contributed by atoms with Gasteiger partial charge in [-0.1, -0.05) is 0 Å². The number of primary amides is 1. The third kappa shape index (κ3) is 4.32. The van der Waals surface area contributed by atoms with Crippen LogP contribution in [-0.2, 0) is 4.79 Å². The van der Waals surface area contributed by atoms with Crippen molar-refractivity contribution in [2.75, 3.05) is 5.32 Å². The lowest BCUT2D eigenvalue weighted by molar-refractivity contribution is -0.122. The van der Waals surface area contributed by atoms with Crippen molar-refractivity contribution < 1.29 is 14.3 Å². The van der Waals surface area contributed by atoms with Crippen LogP contribution < -0.4 is 15.8 Å². The Hall–Kier alpha value is -3.33. The number of hydrogen-bond donors (Lipinski definition) is 2. The molecule has 0 fully saturated rings. The molecule has 0 aliphatic carbocycles. The summed E-state index contributed by atoms with van der Waals surface area (Å²) in [5.41, 5.74) is 6.57. The van der Waals surface area contributed by atoms with Crippen LogP contribution in [0.25, 0.3) is 0 Å². The number of ether oxygens (including phenoxy) is 1. The molecule has 0 aliphatic rings. The first kappa shape index (κ1) is 16.0. The van der Waals surface area contributed by atoms with Gasteiger partial charge in [-0.25, -0.2) is 0 Å². The summed E-state index contributed by atoms with van der Waals surface area (Å²) in [5, 5.41) is 11.4. The van der Waals surface area contributed by atoms with Crippen LogP contribution in [0.3, 0.4) is 0 Å². The van der Waals surface area contributed by atoms with Crippen molar-refractivity contribution in [3.8, 4) is 11.8 Å². The monoisotopic (exact) mass is 309 g/mol. The van der Waals surface area contributed by atoms with E-state index in [9.17, 15) is 9.59 Å². The smallest absolute Gasteiger partial charge is 0.265 e. The van der Waals surface area contributed by atoms with Gasteiger partial charge in [-0.3, -0.25) is 9.59 Å². The summed E-state index contributed by atoms with van der Waals surface area (Å²) >= 11 is 0. The van der Waals surface area contributed by atoms with Crippen molar-refractivity contribution in [3.05, 3.63) is 59.7 Å². The Balaban J connectivity index is 1.96. The number of nitrogens with one attached hydrogen (secondary N) is 1. The average Bonchev–Trinajstić information content (AvgIpc) is 2.56. The summed E-state index contributed by atoms with van der Waals surface area (Å²) in [6, 6.07) is 14.7. The molecule has 23 heavy (non-hydrogen) atoms. The number of nitrogens with zero attached hydrogens (tertiary/aromatic N) is 1. The highest BCUT2D eigenvalue weighted by atomic mass is 16.5. The minimum Gasteiger partial charge on any atom is -0.481 e. The van der Waals surface area contributed by atoms with Crippen LogP contribution in [0.15, 0.2) is 48.5 Å². The van der Waals surface area contributed by atoms with Crippen molar-refractivity contribution in [2.24, 2.45) is 5.73 Å². The minimum absolute atomic E-state index is 0.332. The maximum atomic E-state index is 12.1. The van der Waals surface area contributed by atoms with Crippen LogP contribution in [0.5, 0.6) is 5.75 Å². The van der Waals surface area contributed by atoms with E-state index in [1.807, 2.05) is 6.07 Å². The van der Waals surface area contributed by atoms with Gasteiger partial charge in [-0.2, -0.15) is 5.26 Å². The fourth-order valence-corrected chi connectivity index (χ4v) is 1.83. The van der Waals surface area contributed by atoms with Gasteiger partial charge in [0, 0.05) is 11.3 Å². The molecule has 116 valence electrons. The van der Waals surface area contributed by atoms with Crippen LogP contribution in [0.4, 0.5) is 5.69 Å². The zero-order chi connectivity index (χ0) is 16.8. The third-order valence-electron chi connectivity index (χ3n) is 3.10. The molecular weight excluding hydrogens is 294 g/mol. The third-order valence-corrected chi connectivity index (χ3v) is 3.10. The molecule has 2 rings (SSSR count). The highest BCUT2D eigenvalue weighted by molar-refractivity contribution is 5.96. The lowest BCUT2D eigenvalue weighted by Crippen LogP contribution is -2.30. The molecule has 0 heterocycles. The molecule has 2 aromatic rings. The molecule has 1 unspecified atom stereocenters. The molecule has 0 radical (unpaired) electrons. The maximum Gasteiger partial charge on any atom is 0.265 e. The number of carbonyl (C=O) groups is 2. The number of hydrogen-bond acceptors (Lipinski definition) is 4. The highest BCUT2D eigenvalue weighted by Gasteiger charge is 2.15.